The zero-order valence-corrected chi connectivity index (χ0v) is 13.8. The van der Waals surface area contributed by atoms with E-state index < -0.39 is 0 Å². The van der Waals surface area contributed by atoms with Crippen LogP contribution in [0, 0.1) is 12.8 Å². The van der Waals surface area contributed by atoms with Crippen molar-refractivity contribution in [3.05, 3.63) is 27.7 Å². The van der Waals surface area contributed by atoms with Gasteiger partial charge in [0.15, 0.2) is 0 Å². The van der Waals surface area contributed by atoms with Gasteiger partial charge in [-0.15, -0.1) is 21.5 Å². The number of hydrogen-bond donors (Lipinski definition) is 1. The topological polar surface area (TPSA) is 55.6 Å². The molecule has 0 spiro atoms. The summed E-state index contributed by atoms with van der Waals surface area (Å²) in [5.74, 6) is 3.40. The number of rotatable bonds is 5. The van der Waals surface area contributed by atoms with Crippen LogP contribution < -0.4 is 5.32 Å². The summed E-state index contributed by atoms with van der Waals surface area (Å²) >= 11 is 1.77. The van der Waals surface area contributed by atoms with E-state index in [-0.39, 0.29) is 0 Å². The monoisotopic (exact) mass is 305 g/mol. The zero-order valence-electron chi connectivity index (χ0n) is 13.0. The van der Waals surface area contributed by atoms with Crippen molar-refractivity contribution in [2.75, 3.05) is 6.54 Å². The van der Waals surface area contributed by atoms with E-state index in [1.165, 1.54) is 11.3 Å². The van der Waals surface area contributed by atoms with Crippen LogP contribution in [0.15, 0.2) is 6.20 Å². The fourth-order valence-electron chi connectivity index (χ4n) is 2.90. The summed E-state index contributed by atoms with van der Waals surface area (Å²) in [6.45, 7) is 9.44. The Morgan fingerprint density at radius 1 is 1.43 bits per heavy atom. The third-order valence-corrected chi connectivity index (χ3v) is 4.90. The molecule has 5 nitrogen and oxygen atoms in total. The highest BCUT2D eigenvalue weighted by Gasteiger charge is 2.23. The Morgan fingerprint density at radius 2 is 2.29 bits per heavy atom. The lowest BCUT2D eigenvalue weighted by Crippen LogP contribution is -2.30. The number of hydrogen-bond acceptors (Lipinski definition) is 5. The molecule has 3 rings (SSSR count). The molecular formula is C15H23N5S. The molecular weight excluding hydrogens is 282 g/mol. The zero-order chi connectivity index (χ0) is 14.8. The van der Waals surface area contributed by atoms with Gasteiger partial charge in [0.2, 0.25) is 0 Å². The van der Waals surface area contributed by atoms with E-state index in [1.807, 2.05) is 6.20 Å². The molecule has 1 atom stereocenters. The number of nitrogens with zero attached hydrogens (tertiary/aromatic N) is 4. The van der Waals surface area contributed by atoms with Gasteiger partial charge in [-0.05, 0) is 19.3 Å². The first-order valence-corrected chi connectivity index (χ1v) is 8.49. The molecule has 0 bridgehead atoms. The first-order valence-electron chi connectivity index (χ1n) is 7.67. The van der Waals surface area contributed by atoms with E-state index in [4.69, 9.17) is 0 Å². The second kappa shape index (κ2) is 6.23. The highest BCUT2D eigenvalue weighted by Crippen LogP contribution is 2.23. The van der Waals surface area contributed by atoms with E-state index in [9.17, 15) is 0 Å². The maximum absolute atomic E-state index is 4.35. The molecule has 0 radical (unpaired) electrons. The molecule has 0 saturated carbocycles. The molecule has 1 aliphatic rings. The first-order chi connectivity index (χ1) is 10.1. The molecule has 0 aliphatic carbocycles. The normalized spacial score (nSPS) is 18.2. The van der Waals surface area contributed by atoms with Crippen molar-refractivity contribution in [3.63, 3.8) is 0 Å². The molecule has 21 heavy (non-hydrogen) atoms. The predicted octanol–water partition coefficient (Wildman–Crippen LogP) is 2.52. The quantitative estimate of drug-likeness (QED) is 0.922. The molecule has 2 aromatic heterocycles. The van der Waals surface area contributed by atoms with Crippen molar-refractivity contribution in [1.29, 1.82) is 0 Å². The number of thiazole rings is 1. The Labute approximate surface area is 129 Å². The smallest absolute Gasteiger partial charge is 0.135 e. The highest BCUT2D eigenvalue weighted by atomic mass is 32.1. The molecule has 1 N–H and O–H groups in total. The van der Waals surface area contributed by atoms with Gasteiger partial charge in [0, 0.05) is 43.0 Å². The van der Waals surface area contributed by atoms with Crippen LogP contribution in [0.2, 0.25) is 0 Å². The summed E-state index contributed by atoms with van der Waals surface area (Å²) < 4.78 is 2.33. The van der Waals surface area contributed by atoms with E-state index in [1.54, 1.807) is 11.3 Å². The second-order valence-electron chi connectivity index (χ2n) is 6.12. The number of nitrogens with one attached hydrogen (secondary N) is 1. The predicted molar refractivity (Wildman–Crippen MR) is 84.5 cm³/mol. The average molecular weight is 305 g/mol. The van der Waals surface area contributed by atoms with Crippen LogP contribution >= 0.6 is 11.3 Å². The molecule has 0 saturated heterocycles. The van der Waals surface area contributed by atoms with E-state index >= 15 is 0 Å². The van der Waals surface area contributed by atoms with Crippen molar-refractivity contribution in [3.8, 4) is 0 Å². The third-order valence-electron chi connectivity index (χ3n) is 3.99. The lowest BCUT2D eigenvalue weighted by atomic mass is 9.98. The summed E-state index contributed by atoms with van der Waals surface area (Å²) in [5, 5.41) is 13.4. The minimum atomic E-state index is 0.443. The van der Waals surface area contributed by atoms with Crippen LogP contribution in [0.5, 0.6) is 0 Å². The SMILES string of the molecule is Cc1ncc(CNC[C@@H]2CCc3nnc(C(C)C)n3C2)s1. The van der Waals surface area contributed by atoms with Gasteiger partial charge in [-0.1, -0.05) is 13.8 Å². The second-order valence-corrected chi connectivity index (χ2v) is 7.44. The Kier molecular flexibility index (Phi) is 4.35. The average Bonchev–Trinajstić information content (AvgIpc) is 3.04. The molecule has 1 aliphatic heterocycles. The maximum atomic E-state index is 4.35. The van der Waals surface area contributed by atoms with Gasteiger partial charge >= 0.3 is 0 Å². The summed E-state index contributed by atoms with van der Waals surface area (Å²) in [4.78, 5) is 5.61. The largest absolute Gasteiger partial charge is 0.314 e. The van der Waals surface area contributed by atoms with Gasteiger partial charge in [0.25, 0.3) is 0 Å². The summed E-state index contributed by atoms with van der Waals surface area (Å²) in [5.41, 5.74) is 0. The number of fused-ring (bicyclic) bond motifs is 1. The van der Waals surface area contributed by atoms with Crippen LogP contribution in [0.25, 0.3) is 0 Å². The van der Waals surface area contributed by atoms with Gasteiger partial charge < -0.3 is 9.88 Å². The fourth-order valence-corrected chi connectivity index (χ4v) is 3.66. The van der Waals surface area contributed by atoms with E-state index in [0.29, 0.717) is 11.8 Å². The Bertz CT molecular complexity index is 601. The molecule has 0 amide bonds. The van der Waals surface area contributed by atoms with Crippen LogP contribution in [0.1, 0.15) is 47.7 Å². The van der Waals surface area contributed by atoms with Crippen molar-refractivity contribution in [1.82, 2.24) is 25.1 Å². The van der Waals surface area contributed by atoms with Gasteiger partial charge in [-0.25, -0.2) is 4.98 Å². The van der Waals surface area contributed by atoms with Crippen LogP contribution in [0.4, 0.5) is 0 Å². The summed E-state index contributed by atoms with van der Waals surface area (Å²) in [6.07, 6.45) is 4.22. The van der Waals surface area contributed by atoms with Gasteiger partial charge in [0.05, 0.1) is 5.01 Å². The standard InChI is InChI=1S/C15H23N5S/c1-10(2)15-19-18-14-5-4-12(9-20(14)15)6-16-7-13-8-17-11(3)21-13/h8,10,12,16H,4-7,9H2,1-3H3/t12-/m0/s1. The first kappa shape index (κ1) is 14.7. The van der Waals surface area contributed by atoms with Crippen molar-refractivity contribution in [2.24, 2.45) is 5.92 Å². The van der Waals surface area contributed by atoms with Crippen LogP contribution in [0.3, 0.4) is 0 Å². The Balaban J connectivity index is 1.55. The molecule has 0 unspecified atom stereocenters. The number of aryl methyl sites for hydroxylation is 2. The summed E-state index contributed by atoms with van der Waals surface area (Å²) in [6, 6.07) is 0. The maximum Gasteiger partial charge on any atom is 0.135 e. The Hall–Kier alpha value is -1.27. The third kappa shape index (κ3) is 3.32. The Morgan fingerprint density at radius 3 is 3.00 bits per heavy atom. The molecule has 6 heteroatoms. The lowest BCUT2D eigenvalue weighted by Gasteiger charge is -2.25. The molecule has 0 fully saturated rings. The minimum absolute atomic E-state index is 0.443. The number of aromatic nitrogens is 4. The molecule has 2 aromatic rings. The minimum Gasteiger partial charge on any atom is -0.314 e. The fraction of sp³-hybridized carbons (Fsp3) is 0.667. The van der Waals surface area contributed by atoms with Gasteiger partial charge in [0.1, 0.15) is 11.6 Å². The molecule has 3 heterocycles. The summed E-state index contributed by atoms with van der Waals surface area (Å²) in [7, 11) is 0. The van der Waals surface area contributed by atoms with E-state index in [2.05, 4.69) is 45.8 Å². The lowest BCUT2D eigenvalue weighted by molar-refractivity contribution is 0.340. The van der Waals surface area contributed by atoms with Crippen molar-refractivity contribution in [2.45, 2.75) is 52.6 Å². The van der Waals surface area contributed by atoms with E-state index in [0.717, 1.165) is 42.7 Å². The van der Waals surface area contributed by atoms with Crippen molar-refractivity contribution < 1.29 is 0 Å². The molecule has 0 aromatic carbocycles. The van der Waals surface area contributed by atoms with Gasteiger partial charge in [-0.3, -0.25) is 0 Å². The highest BCUT2D eigenvalue weighted by molar-refractivity contribution is 7.11. The van der Waals surface area contributed by atoms with Crippen LogP contribution in [-0.4, -0.2) is 26.3 Å². The van der Waals surface area contributed by atoms with Crippen LogP contribution in [-0.2, 0) is 19.5 Å². The molecule has 114 valence electrons. The van der Waals surface area contributed by atoms with Gasteiger partial charge in [-0.2, -0.15) is 0 Å². The van der Waals surface area contributed by atoms with Crippen molar-refractivity contribution >= 4 is 11.3 Å².